The molecule has 1 aliphatic rings. The first-order valence-corrected chi connectivity index (χ1v) is 9.98. The van der Waals surface area contributed by atoms with Gasteiger partial charge in [-0.25, -0.2) is 14.4 Å². The van der Waals surface area contributed by atoms with Gasteiger partial charge in [-0.05, 0) is 18.2 Å². The summed E-state index contributed by atoms with van der Waals surface area (Å²) >= 11 is 0. The third-order valence-electron chi connectivity index (χ3n) is 5.11. The predicted octanol–water partition coefficient (Wildman–Crippen LogP) is 3.09. The molecule has 31 heavy (non-hydrogen) atoms. The fraction of sp³-hybridized carbons (Fsp3) is 0.318. The van der Waals surface area contributed by atoms with Gasteiger partial charge in [-0.3, -0.25) is 9.59 Å². The van der Waals surface area contributed by atoms with Gasteiger partial charge >= 0.3 is 0 Å². The molecule has 9 heteroatoms. The van der Waals surface area contributed by atoms with Crippen molar-refractivity contribution < 1.29 is 14.0 Å². The van der Waals surface area contributed by atoms with Crippen LogP contribution in [0.15, 0.2) is 48.8 Å². The highest BCUT2D eigenvalue weighted by molar-refractivity contribution is 6.03. The fourth-order valence-corrected chi connectivity index (χ4v) is 3.40. The second-order valence-electron chi connectivity index (χ2n) is 8.47. The third-order valence-corrected chi connectivity index (χ3v) is 5.11. The lowest BCUT2D eigenvalue weighted by Crippen LogP contribution is -2.29. The highest BCUT2D eigenvalue weighted by atomic mass is 19.1. The Kier molecular flexibility index (Phi) is 5.26. The smallest absolute Gasteiger partial charge is 0.252 e. The SMILES string of the molecule is CC(C)(C)c1cc(NC(=O)C2CC(=O)N(c3ccccc3F)C2)n(-c2ncccn2)n1. The van der Waals surface area contributed by atoms with Gasteiger partial charge in [0.05, 0.1) is 17.3 Å². The normalized spacial score (nSPS) is 16.6. The van der Waals surface area contributed by atoms with Gasteiger partial charge in [-0.15, -0.1) is 0 Å². The Labute approximate surface area is 179 Å². The van der Waals surface area contributed by atoms with Crippen molar-refractivity contribution in [1.82, 2.24) is 19.7 Å². The molecule has 1 unspecified atom stereocenters. The van der Waals surface area contributed by atoms with Gasteiger partial charge in [0.1, 0.15) is 11.6 Å². The number of hydrogen-bond acceptors (Lipinski definition) is 5. The molecule has 1 saturated heterocycles. The van der Waals surface area contributed by atoms with E-state index in [1.807, 2.05) is 20.8 Å². The Morgan fingerprint density at radius 3 is 2.55 bits per heavy atom. The molecule has 0 spiro atoms. The number of rotatable bonds is 4. The van der Waals surface area contributed by atoms with Crippen LogP contribution < -0.4 is 10.2 Å². The quantitative estimate of drug-likeness (QED) is 0.697. The van der Waals surface area contributed by atoms with Gasteiger partial charge in [0.25, 0.3) is 5.95 Å². The average molecular weight is 422 g/mol. The van der Waals surface area contributed by atoms with Crippen LogP contribution in [0.1, 0.15) is 32.9 Å². The number of carbonyl (C=O) groups excluding carboxylic acids is 2. The van der Waals surface area contributed by atoms with Crippen molar-refractivity contribution in [3.63, 3.8) is 0 Å². The summed E-state index contributed by atoms with van der Waals surface area (Å²) in [7, 11) is 0. The van der Waals surface area contributed by atoms with Crippen molar-refractivity contribution in [3.8, 4) is 5.95 Å². The number of nitrogens with one attached hydrogen (secondary N) is 1. The molecule has 1 N–H and O–H groups in total. The zero-order chi connectivity index (χ0) is 22.2. The molecule has 2 aromatic heterocycles. The molecule has 1 aliphatic heterocycles. The van der Waals surface area contributed by atoms with Gasteiger partial charge in [0, 0.05) is 36.8 Å². The third kappa shape index (κ3) is 4.16. The minimum Gasteiger partial charge on any atom is -0.310 e. The predicted molar refractivity (Wildman–Crippen MR) is 113 cm³/mol. The summed E-state index contributed by atoms with van der Waals surface area (Å²) in [5.74, 6) is -1.01. The minimum atomic E-state index is -0.620. The molecule has 3 heterocycles. The summed E-state index contributed by atoms with van der Waals surface area (Å²) in [6, 6.07) is 9.51. The Hall–Kier alpha value is -3.62. The lowest BCUT2D eigenvalue weighted by atomic mass is 9.92. The number of carbonyl (C=O) groups is 2. The summed E-state index contributed by atoms with van der Waals surface area (Å²) in [4.78, 5) is 35.2. The molecule has 160 valence electrons. The van der Waals surface area contributed by atoms with E-state index in [-0.39, 0.29) is 35.9 Å². The maximum atomic E-state index is 14.1. The van der Waals surface area contributed by atoms with E-state index in [1.54, 1.807) is 36.7 Å². The monoisotopic (exact) mass is 422 g/mol. The molecule has 1 fully saturated rings. The van der Waals surface area contributed by atoms with Crippen LogP contribution in [0, 0.1) is 11.7 Å². The number of benzene rings is 1. The van der Waals surface area contributed by atoms with Crippen LogP contribution >= 0.6 is 0 Å². The van der Waals surface area contributed by atoms with E-state index in [4.69, 9.17) is 0 Å². The summed E-state index contributed by atoms with van der Waals surface area (Å²) < 4.78 is 15.6. The molecule has 8 nitrogen and oxygen atoms in total. The molecule has 0 bridgehead atoms. The van der Waals surface area contributed by atoms with Crippen molar-refractivity contribution in [2.75, 3.05) is 16.8 Å². The Balaban J connectivity index is 1.58. The molecule has 0 aliphatic carbocycles. The van der Waals surface area contributed by atoms with Crippen LogP contribution in [0.3, 0.4) is 0 Å². The van der Waals surface area contributed by atoms with Crippen molar-refractivity contribution in [2.45, 2.75) is 32.6 Å². The fourth-order valence-electron chi connectivity index (χ4n) is 3.40. The second-order valence-corrected chi connectivity index (χ2v) is 8.47. The van der Waals surface area contributed by atoms with Crippen LogP contribution in [0.2, 0.25) is 0 Å². The number of aromatic nitrogens is 4. The van der Waals surface area contributed by atoms with Crippen molar-refractivity contribution in [1.29, 1.82) is 0 Å². The lowest BCUT2D eigenvalue weighted by molar-refractivity contribution is -0.122. The van der Waals surface area contributed by atoms with Gasteiger partial charge in [0.2, 0.25) is 11.8 Å². The van der Waals surface area contributed by atoms with Gasteiger partial charge in [-0.2, -0.15) is 9.78 Å². The van der Waals surface area contributed by atoms with Crippen molar-refractivity contribution >= 4 is 23.3 Å². The highest BCUT2D eigenvalue weighted by Gasteiger charge is 2.36. The van der Waals surface area contributed by atoms with Crippen LogP contribution in [-0.2, 0) is 15.0 Å². The maximum Gasteiger partial charge on any atom is 0.252 e. The molecule has 0 radical (unpaired) electrons. The van der Waals surface area contributed by atoms with E-state index in [2.05, 4.69) is 20.4 Å². The number of para-hydroxylation sites is 1. The minimum absolute atomic E-state index is 0.00225. The van der Waals surface area contributed by atoms with Crippen LogP contribution in [0.5, 0.6) is 0 Å². The number of anilines is 2. The first-order chi connectivity index (χ1) is 14.7. The van der Waals surface area contributed by atoms with Crippen LogP contribution in [0.4, 0.5) is 15.9 Å². The van der Waals surface area contributed by atoms with E-state index in [1.165, 1.54) is 21.7 Å². The zero-order valence-corrected chi connectivity index (χ0v) is 17.5. The van der Waals surface area contributed by atoms with E-state index >= 15 is 0 Å². The Morgan fingerprint density at radius 2 is 1.87 bits per heavy atom. The largest absolute Gasteiger partial charge is 0.310 e. The molecule has 2 amide bonds. The summed E-state index contributed by atoms with van der Waals surface area (Å²) in [6.07, 6.45) is 3.19. The summed E-state index contributed by atoms with van der Waals surface area (Å²) in [5.41, 5.74) is 0.677. The molecular formula is C22H23FN6O2. The molecule has 0 saturated carbocycles. The average Bonchev–Trinajstić information content (AvgIpc) is 3.33. The standard InChI is InChI=1S/C22H23FN6O2/c1-22(2,3)17-12-18(29(27-17)21-24-9-6-10-25-21)26-20(31)14-11-19(30)28(13-14)16-8-5-4-7-15(16)23/h4-10,12,14H,11,13H2,1-3H3,(H,26,31). The second kappa shape index (κ2) is 7.90. The number of halogens is 1. The molecule has 1 aromatic carbocycles. The molecule has 1 atom stereocenters. The lowest BCUT2D eigenvalue weighted by Gasteiger charge is -2.17. The van der Waals surface area contributed by atoms with E-state index in [0.717, 1.165) is 5.69 Å². The first kappa shape index (κ1) is 20.6. The van der Waals surface area contributed by atoms with Crippen molar-refractivity contribution in [2.24, 2.45) is 5.92 Å². The van der Waals surface area contributed by atoms with Gasteiger partial charge in [0.15, 0.2) is 0 Å². The van der Waals surface area contributed by atoms with Gasteiger partial charge < -0.3 is 10.2 Å². The maximum absolute atomic E-state index is 14.1. The van der Waals surface area contributed by atoms with Gasteiger partial charge in [-0.1, -0.05) is 32.9 Å². The zero-order valence-electron chi connectivity index (χ0n) is 17.5. The highest BCUT2D eigenvalue weighted by Crippen LogP contribution is 2.29. The van der Waals surface area contributed by atoms with Crippen LogP contribution in [0.25, 0.3) is 5.95 Å². The van der Waals surface area contributed by atoms with Crippen molar-refractivity contribution in [3.05, 3.63) is 60.3 Å². The van der Waals surface area contributed by atoms with E-state index in [0.29, 0.717) is 11.8 Å². The molecular weight excluding hydrogens is 399 g/mol. The Morgan fingerprint density at radius 1 is 1.16 bits per heavy atom. The summed E-state index contributed by atoms with van der Waals surface area (Å²) in [5, 5.41) is 7.43. The number of amides is 2. The first-order valence-electron chi connectivity index (χ1n) is 9.98. The Bertz CT molecular complexity index is 1120. The van der Waals surface area contributed by atoms with E-state index < -0.39 is 11.7 Å². The topological polar surface area (TPSA) is 93.0 Å². The molecule has 4 rings (SSSR count). The summed E-state index contributed by atoms with van der Waals surface area (Å²) in [6.45, 7) is 6.14. The van der Waals surface area contributed by atoms with E-state index in [9.17, 15) is 14.0 Å². The molecule has 3 aromatic rings. The number of nitrogens with zero attached hydrogens (tertiary/aromatic N) is 5. The van der Waals surface area contributed by atoms with Crippen LogP contribution in [-0.4, -0.2) is 38.1 Å². The number of hydrogen-bond donors (Lipinski definition) is 1.